The van der Waals surface area contributed by atoms with E-state index in [-0.39, 0.29) is 0 Å². The fourth-order valence-electron chi connectivity index (χ4n) is 7.02. The molecule has 3 nitrogen and oxygen atoms in total. The molecule has 2 spiro atoms. The van der Waals surface area contributed by atoms with Crippen LogP contribution >= 0.6 is 0 Å². The third-order valence-corrected chi connectivity index (χ3v) is 8.24. The van der Waals surface area contributed by atoms with E-state index >= 15 is 0 Å². The van der Waals surface area contributed by atoms with Crippen LogP contribution in [0.4, 0.5) is 0 Å². The number of rotatable bonds is 1. The Morgan fingerprint density at radius 2 is 1.42 bits per heavy atom. The number of aryl methyl sites for hydroxylation is 1. The van der Waals surface area contributed by atoms with Crippen molar-refractivity contribution in [1.82, 2.24) is 0 Å². The van der Waals surface area contributed by atoms with E-state index in [2.05, 4.69) is 31.2 Å². The molecule has 6 fully saturated rings. The lowest BCUT2D eigenvalue weighted by Gasteiger charge is -2.57. The smallest absolute Gasteiger partial charge is 0.210 e. The van der Waals surface area contributed by atoms with Crippen LogP contribution in [0.1, 0.15) is 74.8 Å². The Bertz CT molecular complexity index is 658. The van der Waals surface area contributed by atoms with Gasteiger partial charge in [0.25, 0.3) is 0 Å². The first-order chi connectivity index (χ1) is 12.6. The molecule has 1 aromatic carbocycles. The lowest BCUT2D eigenvalue weighted by molar-refractivity contribution is -0.390. The summed E-state index contributed by atoms with van der Waals surface area (Å²) >= 11 is 0. The lowest BCUT2D eigenvalue weighted by atomic mass is 9.53. The summed E-state index contributed by atoms with van der Waals surface area (Å²) < 4.78 is 6.81. The van der Waals surface area contributed by atoms with Gasteiger partial charge in [-0.3, -0.25) is 0 Å². The maximum absolute atomic E-state index is 6.81. The second-order valence-electron chi connectivity index (χ2n) is 9.89. The first kappa shape index (κ1) is 16.1. The normalized spacial score (nSPS) is 49.3. The molecule has 5 aliphatic carbocycles. The van der Waals surface area contributed by atoms with Gasteiger partial charge in [-0.25, -0.2) is 0 Å². The quantitative estimate of drug-likeness (QED) is 0.625. The van der Waals surface area contributed by atoms with Gasteiger partial charge in [0, 0.05) is 24.7 Å². The van der Waals surface area contributed by atoms with Crippen LogP contribution in [0.3, 0.4) is 0 Å². The Morgan fingerprint density at radius 3 is 2.04 bits per heavy atom. The molecule has 3 heteroatoms. The van der Waals surface area contributed by atoms with Gasteiger partial charge >= 0.3 is 0 Å². The number of ether oxygens (including phenoxy) is 1. The zero-order valence-corrected chi connectivity index (χ0v) is 15.8. The van der Waals surface area contributed by atoms with Gasteiger partial charge in [-0.2, -0.15) is 9.78 Å². The zero-order valence-electron chi connectivity index (χ0n) is 15.8. The maximum atomic E-state index is 6.81. The molecule has 4 bridgehead atoms. The minimum Gasteiger partial charge on any atom is -0.312 e. The van der Waals surface area contributed by atoms with Crippen LogP contribution in [0.25, 0.3) is 0 Å². The van der Waals surface area contributed by atoms with Gasteiger partial charge in [-0.1, -0.05) is 29.8 Å². The van der Waals surface area contributed by atoms with Crippen molar-refractivity contribution in [3.8, 4) is 0 Å². The summed E-state index contributed by atoms with van der Waals surface area (Å²) in [7, 11) is 0. The highest BCUT2D eigenvalue weighted by Crippen LogP contribution is 2.64. The van der Waals surface area contributed by atoms with Crippen molar-refractivity contribution in [2.24, 2.45) is 23.7 Å². The van der Waals surface area contributed by atoms with Crippen molar-refractivity contribution in [1.29, 1.82) is 0 Å². The van der Waals surface area contributed by atoms with E-state index in [1.165, 1.54) is 43.2 Å². The third-order valence-electron chi connectivity index (χ3n) is 8.24. The van der Waals surface area contributed by atoms with Crippen LogP contribution in [0.5, 0.6) is 0 Å². The molecular weight excluding hydrogens is 324 g/mol. The monoisotopic (exact) mass is 354 g/mol. The summed E-state index contributed by atoms with van der Waals surface area (Å²) in [5.41, 5.74) is 2.80. The Labute approximate surface area is 156 Å². The van der Waals surface area contributed by atoms with Crippen molar-refractivity contribution in [3.63, 3.8) is 0 Å². The lowest BCUT2D eigenvalue weighted by Crippen LogP contribution is -2.59. The standard InChI is InChI=1S/C23H30O3/c1-15-2-4-18(5-3-15)19-6-8-22(9-7-19)24-23(26-25-22)20-11-16-10-17(13-20)14-21(23)12-16/h2-5,16-17,19-21H,6-14H2,1H3/t16?,17?,19-,20?,21?,22+,23-. The summed E-state index contributed by atoms with van der Waals surface area (Å²) in [5, 5.41) is 0. The molecule has 1 saturated heterocycles. The van der Waals surface area contributed by atoms with E-state index in [0.29, 0.717) is 17.8 Å². The number of hydrogen-bond acceptors (Lipinski definition) is 3. The Balaban J connectivity index is 1.18. The van der Waals surface area contributed by atoms with Gasteiger partial charge in [-0.05, 0) is 75.2 Å². The second-order valence-corrected chi connectivity index (χ2v) is 9.89. The topological polar surface area (TPSA) is 27.7 Å². The van der Waals surface area contributed by atoms with Crippen molar-refractivity contribution < 1.29 is 14.5 Å². The Hall–Kier alpha value is -0.900. The van der Waals surface area contributed by atoms with Crippen molar-refractivity contribution in [2.75, 3.05) is 0 Å². The molecule has 1 aromatic rings. The summed E-state index contributed by atoms with van der Waals surface area (Å²) in [6.07, 6.45) is 10.8. The van der Waals surface area contributed by atoms with E-state index in [1.807, 2.05) is 0 Å². The molecule has 1 aliphatic heterocycles. The van der Waals surface area contributed by atoms with Crippen LogP contribution in [-0.4, -0.2) is 11.6 Å². The van der Waals surface area contributed by atoms with E-state index in [4.69, 9.17) is 14.5 Å². The van der Waals surface area contributed by atoms with Gasteiger partial charge in [0.15, 0.2) is 0 Å². The maximum Gasteiger partial charge on any atom is 0.210 e. The average Bonchev–Trinajstić information content (AvgIpc) is 3.01. The molecule has 0 radical (unpaired) electrons. The van der Waals surface area contributed by atoms with Crippen LogP contribution in [0.15, 0.2) is 24.3 Å². The van der Waals surface area contributed by atoms with E-state index < -0.39 is 11.6 Å². The first-order valence-corrected chi connectivity index (χ1v) is 10.8. The molecule has 0 amide bonds. The van der Waals surface area contributed by atoms with Gasteiger partial charge in [0.2, 0.25) is 11.6 Å². The minimum atomic E-state index is -0.476. The third kappa shape index (κ3) is 2.30. The van der Waals surface area contributed by atoms with Crippen LogP contribution < -0.4 is 0 Å². The second kappa shape index (κ2) is 5.56. The van der Waals surface area contributed by atoms with Gasteiger partial charge in [0.05, 0.1) is 0 Å². The Kier molecular flexibility index (Phi) is 3.44. The van der Waals surface area contributed by atoms with Crippen molar-refractivity contribution >= 4 is 0 Å². The summed E-state index contributed by atoms with van der Waals surface area (Å²) in [6, 6.07) is 9.05. The molecule has 5 saturated carbocycles. The molecular formula is C23H30O3. The van der Waals surface area contributed by atoms with Gasteiger partial charge in [-0.15, -0.1) is 0 Å². The van der Waals surface area contributed by atoms with Crippen molar-refractivity contribution in [3.05, 3.63) is 35.4 Å². The molecule has 0 N–H and O–H groups in total. The van der Waals surface area contributed by atoms with Gasteiger partial charge < -0.3 is 4.74 Å². The van der Waals surface area contributed by atoms with Crippen LogP contribution in [-0.2, 0) is 14.5 Å². The summed E-state index contributed by atoms with van der Waals surface area (Å²) in [5.74, 6) is 2.71. The molecule has 0 atom stereocenters. The predicted octanol–water partition coefficient (Wildman–Crippen LogP) is 5.48. The molecule has 26 heavy (non-hydrogen) atoms. The van der Waals surface area contributed by atoms with E-state index in [9.17, 15) is 0 Å². The number of benzene rings is 1. The molecule has 140 valence electrons. The summed E-state index contributed by atoms with van der Waals surface area (Å²) in [4.78, 5) is 12.2. The highest BCUT2D eigenvalue weighted by molar-refractivity contribution is 5.25. The Morgan fingerprint density at radius 1 is 0.808 bits per heavy atom. The van der Waals surface area contributed by atoms with Crippen molar-refractivity contribution in [2.45, 2.75) is 82.2 Å². The molecule has 1 heterocycles. The number of hydrogen-bond donors (Lipinski definition) is 0. The molecule has 0 aromatic heterocycles. The van der Waals surface area contributed by atoms with E-state index in [1.54, 1.807) is 0 Å². The minimum absolute atomic E-state index is 0.413. The van der Waals surface area contributed by atoms with Gasteiger partial charge in [0.1, 0.15) is 0 Å². The molecule has 6 aliphatic rings. The molecule has 7 rings (SSSR count). The highest BCUT2D eigenvalue weighted by Gasteiger charge is 2.66. The van der Waals surface area contributed by atoms with Crippen LogP contribution in [0, 0.1) is 30.6 Å². The zero-order chi connectivity index (χ0) is 17.4. The first-order valence-electron chi connectivity index (χ1n) is 10.8. The fraction of sp³-hybridized carbons (Fsp3) is 0.739. The van der Waals surface area contributed by atoms with Crippen LogP contribution in [0.2, 0.25) is 0 Å². The highest BCUT2D eigenvalue weighted by atomic mass is 17.3. The fourth-order valence-corrected chi connectivity index (χ4v) is 7.02. The summed E-state index contributed by atoms with van der Waals surface area (Å²) in [6.45, 7) is 2.15. The van der Waals surface area contributed by atoms with E-state index in [0.717, 1.165) is 37.5 Å². The molecule has 0 unspecified atom stereocenters. The SMILES string of the molecule is Cc1ccc([C@H]2CC[C@]3(CC2)OO[C@]2(O3)C3CC4CC(C3)CC2C4)cc1. The predicted molar refractivity (Wildman–Crippen MR) is 98.2 cm³/mol. The largest absolute Gasteiger partial charge is 0.312 e. The average molecular weight is 354 g/mol.